The van der Waals surface area contributed by atoms with Crippen molar-refractivity contribution in [3.05, 3.63) is 0 Å². The van der Waals surface area contributed by atoms with Gasteiger partial charge in [0.2, 0.25) is 5.91 Å². The third-order valence-electron chi connectivity index (χ3n) is 4.81. The first-order valence-electron chi connectivity index (χ1n) is 8.49. The molecule has 0 radical (unpaired) electrons. The van der Waals surface area contributed by atoms with E-state index in [0.717, 1.165) is 19.3 Å². The zero-order valence-electron chi connectivity index (χ0n) is 13.1. The Morgan fingerprint density at radius 3 is 2.29 bits per heavy atom. The van der Waals surface area contributed by atoms with Crippen LogP contribution < -0.4 is 16.0 Å². The molecule has 0 aliphatic heterocycles. The molecular weight excluding hydrogens is 266 g/mol. The molecule has 2 aliphatic rings. The summed E-state index contributed by atoms with van der Waals surface area (Å²) in [4.78, 5) is 23.7. The first-order valence-corrected chi connectivity index (χ1v) is 8.49. The molecule has 2 aliphatic carbocycles. The van der Waals surface area contributed by atoms with E-state index >= 15 is 0 Å². The fourth-order valence-electron chi connectivity index (χ4n) is 3.44. The van der Waals surface area contributed by atoms with Gasteiger partial charge in [-0.1, -0.05) is 39.0 Å². The van der Waals surface area contributed by atoms with E-state index in [1.54, 1.807) is 0 Å². The summed E-state index contributed by atoms with van der Waals surface area (Å²) in [5.74, 6) is 0.453. The van der Waals surface area contributed by atoms with Gasteiger partial charge in [-0.15, -0.1) is 0 Å². The average molecular weight is 295 g/mol. The van der Waals surface area contributed by atoms with Crippen molar-refractivity contribution in [3.63, 3.8) is 0 Å². The Morgan fingerprint density at radius 2 is 1.57 bits per heavy atom. The molecule has 5 heteroatoms. The number of nitrogens with one attached hydrogen (secondary N) is 3. The molecule has 2 atom stereocenters. The van der Waals surface area contributed by atoms with Gasteiger partial charge in [-0.25, -0.2) is 4.79 Å². The minimum Gasteiger partial charge on any atom is -0.352 e. The first kappa shape index (κ1) is 16.1. The second-order valence-electron chi connectivity index (χ2n) is 6.60. The maximum absolute atomic E-state index is 11.9. The summed E-state index contributed by atoms with van der Waals surface area (Å²) in [5, 5.41) is 8.68. The molecule has 5 nitrogen and oxygen atoms in total. The number of rotatable bonds is 4. The predicted octanol–water partition coefficient (Wildman–Crippen LogP) is 2.31. The standard InChI is InChI=1S/C16H29N3O2/c1-12-7-5-6-10-14(12)19-16(21)17-11-15(20)18-13-8-3-2-4-9-13/h12-14H,2-11H2,1H3,(H,18,20)(H2,17,19,21). The van der Waals surface area contributed by atoms with Crippen LogP contribution in [0, 0.1) is 5.92 Å². The number of amides is 3. The molecule has 0 aromatic carbocycles. The molecule has 2 rings (SSSR count). The summed E-state index contributed by atoms with van der Waals surface area (Å²) in [6.07, 6.45) is 10.4. The van der Waals surface area contributed by atoms with E-state index in [2.05, 4.69) is 22.9 Å². The lowest BCUT2D eigenvalue weighted by Crippen LogP contribution is -2.49. The normalized spacial score (nSPS) is 26.9. The molecule has 0 aromatic rings. The SMILES string of the molecule is CC1CCCCC1NC(=O)NCC(=O)NC1CCCCC1. The van der Waals surface area contributed by atoms with Gasteiger partial charge in [-0.05, 0) is 31.6 Å². The van der Waals surface area contributed by atoms with Crippen molar-refractivity contribution in [3.8, 4) is 0 Å². The third kappa shape index (κ3) is 5.56. The number of carbonyl (C=O) groups excluding carboxylic acids is 2. The van der Waals surface area contributed by atoms with Crippen LogP contribution in [0.3, 0.4) is 0 Å². The van der Waals surface area contributed by atoms with E-state index in [0.29, 0.717) is 12.0 Å². The van der Waals surface area contributed by atoms with E-state index in [1.165, 1.54) is 38.5 Å². The van der Waals surface area contributed by atoms with Crippen LogP contribution in [-0.4, -0.2) is 30.6 Å². The van der Waals surface area contributed by atoms with Gasteiger partial charge in [0.25, 0.3) is 0 Å². The van der Waals surface area contributed by atoms with Gasteiger partial charge in [-0.3, -0.25) is 4.79 Å². The minimum atomic E-state index is -0.215. The van der Waals surface area contributed by atoms with Crippen molar-refractivity contribution >= 4 is 11.9 Å². The molecular formula is C16H29N3O2. The molecule has 2 saturated carbocycles. The molecule has 2 fully saturated rings. The fourth-order valence-corrected chi connectivity index (χ4v) is 3.44. The topological polar surface area (TPSA) is 70.2 Å². The Bertz CT molecular complexity index is 353. The van der Waals surface area contributed by atoms with Crippen LogP contribution in [-0.2, 0) is 4.79 Å². The highest BCUT2D eigenvalue weighted by molar-refractivity contribution is 5.84. The summed E-state index contributed by atoms with van der Waals surface area (Å²) in [5.41, 5.74) is 0. The zero-order valence-corrected chi connectivity index (χ0v) is 13.1. The quantitative estimate of drug-likeness (QED) is 0.745. The van der Waals surface area contributed by atoms with Gasteiger partial charge in [0, 0.05) is 12.1 Å². The van der Waals surface area contributed by atoms with Crippen molar-refractivity contribution in [1.29, 1.82) is 0 Å². The lowest BCUT2D eigenvalue weighted by atomic mass is 9.86. The van der Waals surface area contributed by atoms with Gasteiger partial charge in [0.15, 0.2) is 0 Å². The zero-order chi connectivity index (χ0) is 15.1. The van der Waals surface area contributed by atoms with Crippen molar-refractivity contribution in [2.24, 2.45) is 5.92 Å². The third-order valence-corrected chi connectivity index (χ3v) is 4.81. The largest absolute Gasteiger partial charge is 0.352 e. The van der Waals surface area contributed by atoms with Gasteiger partial charge >= 0.3 is 6.03 Å². The lowest BCUT2D eigenvalue weighted by molar-refractivity contribution is -0.121. The summed E-state index contributed by atoms with van der Waals surface area (Å²) in [6.45, 7) is 2.25. The summed E-state index contributed by atoms with van der Waals surface area (Å²) >= 11 is 0. The lowest BCUT2D eigenvalue weighted by Gasteiger charge is -2.29. The maximum atomic E-state index is 11.9. The van der Waals surface area contributed by atoms with Gasteiger partial charge in [0.1, 0.15) is 0 Å². The van der Waals surface area contributed by atoms with Crippen molar-refractivity contribution in [2.75, 3.05) is 6.54 Å². The van der Waals surface area contributed by atoms with Gasteiger partial charge in [-0.2, -0.15) is 0 Å². The summed E-state index contributed by atoms with van der Waals surface area (Å²) in [7, 11) is 0. The van der Waals surface area contributed by atoms with Crippen molar-refractivity contribution < 1.29 is 9.59 Å². The smallest absolute Gasteiger partial charge is 0.315 e. The summed E-state index contributed by atoms with van der Waals surface area (Å²) < 4.78 is 0. The molecule has 0 bridgehead atoms. The van der Waals surface area contributed by atoms with Crippen molar-refractivity contribution in [2.45, 2.75) is 76.8 Å². The number of carbonyl (C=O) groups is 2. The molecule has 120 valence electrons. The Hall–Kier alpha value is -1.26. The first-order chi connectivity index (χ1) is 10.1. The van der Waals surface area contributed by atoms with Crippen LogP contribution >= 0.6 is 0 Å². The molecule has 3 amide bonds. The van der Waals surface area contributed by atoms with E-state index in [-0.39, 0.29) is 24.5 Å². The second-order valence-corrected chi connectivity index (χ2v) is 6.60. The number of hydrogen-bond donors (Lipinski definition) is 3. The minimum absolute atomic E-state index is 0.0729. The molecule has 0 saturated heterocycles. The Kier molecular flexibility index (Phi) is 6.33. The van der Waals surface area contributed by atoms with Crippen LogP contribution in [0.2, 0.25) is 0 Å². The van der Waals surface area contributed by atoms with E-state index in [4.69, 9.17) is 0 Å². The van der Waals surface area contributed by atoms with E-state index in [1.807, 2.05) is 0 Å². The highest BCUT2D eigenvalue weighted by Gasteiger charge is 2.23. The number of hydrogen-bond acceptors (Lipinski definition) is 2. The second kappa shape index (κ2) is 8.25. The van der Waals surface area contributed by atoms with E-state index in [9.17, 15) is 9.59 Å². The van der Waals surface area contributed by atoms with Crippen molar-refractivity contribution in [1.82, 2.24) is 16.0 Å². The highest BCUT2D eigenvalue weighted by atomic mass is 16.2. The molecule has 21 heavy (non-hydrogen) atoms. The maximum Gasteiger partial charge on any atom is 0.315 e. The monoisotopic (exact) mass is 295 g/mol. The van der Waals surface area contributed by atoms with Crippen LogP contribution in [0.1, 0.15) is 64.7 Å². The Balaban J connectivity index is 1.62. The average Bonchev–Trinajstić information content (AvgIpc) is 2.49. The van der Waals surface area contributed by atoms with Crippen LogP contribution in [0.4, 0.5) is 4.79 Å². The molecule has 0 spiro atoms. The summed E-state index contributed by atoms with van der Waals surface area (Å²) in [6, 6.07) is 0.335. The Labute approximate surface area is 127 Å². The van der Waals surface area contributed by atoms with Gasteiger partial charge < -0.3 is 16.0 Å². The Morgan fingerprint density at radius 1 is 0.905 bits per heavy atom. The van der Waals surface area contributed by atoms with E-state index < -0.39 is 0 Å². The number of urea groups is 1. The predicted molar refractivity (Wildman–Crippen MR) is 83.0 cm³/mol. The molecule has 0 aromatic heterocycles. The van der Waals surface area contributed by atoms with Crippen LogP contribution in [0.15, 0.2) is 0 Å². The highest BCUT2D eigenvalue weighted by Crippen LogP contribution is 2.23. The van der Waals surface area contributed by atoms with Crippen LogP contribution in [0.5, 0.6) is 0 Å². The molecule has 3 N–H and O–H groups in total. The molecule has 0 heterocycles. The molecule has 2 unspecified atom stereocenters. The van der Waals surface area contributed by atoms with Gasteiger partial charge in [0.05, 0.1) is 6.54 Å². The fraction of sp³-hybridized carbons (Fsp3) is 0.875. The van der Waals surface area contributed by atoms with Crippen LogP contribution in [0.25, 0.3) is 0 Å².